The molecule has 0 aliphatic rings. The number of amides is 1. The van der Waals surface area contributed by atoms with Gasteiger partial charge in [0.15, 0.2) is 0 Å². The van der Waals surface area contributed by atoms with Gasteiger partial charge in [0.25, 0.3) is 0 Å². The van der Waals surface area contributed by atoms with Crippen molar-refractivity contribution in [2.24, 2.45) is 0 Å². The number of rotatable bonds is 7. The highest BCUT2D eigenvalue weighted by Crippen LogP contribution is 2.29. The van der Waals surface area contributed by atoms with Crippen molar-refractivity contribution in [2.45, 2.75) is 25.6 Å². The lowest BCUT2D eigenvalue weighted by Gasteiger charge is -2.09. The summed E-state index contributed by atoms with van der Waals surface area (Å²) in [7, 11) is 0. The van der Waals surface area contributed by atoms with Gasteiger partial charge in [-0.05, 0) is 41.8 Å². The molecule has 2 rings (SSSR count). The highest BCUT2D eigenvalue weighted by Gasteiger charge is 2.29. The van der Waals surface area contributed by atoms with Gasteiger partial charge in [0.1, 0.15) is 5.75 Å². The Morgan fingerprint density at radius 3 is 2.08 bits per heavy atom. The van der Waals surface area contributed by atoms with E-state index in [2.05, 4.69) is 10.1 Å². The zero-order valence-corrected chi connectivity index (χ0v) is 13.5. The maximum absolute atomic E-state index is 12.5. The second-order valence-corrected chi connectivity index (χ2v) is 5.49. The van der Waals surface area contributed by atoms with Crippen LogP contribution in [0.2, 0.25) is 0 Å². The number of hydrogen-bond donors (Lipinski definition) is 1. The van der Waals surface area contributed by atoms with Crippen molar-refractivity contribution in [3.63, 3.8) is 0 Å². The maximum atomic E-state index is 12.5. The molecule has 0 atom stereocenters. The summed E-state index contributed by atoms with van der Waals surface area (Å²) in [5.41, 5.74) is 0.534. The molecule has 0 fully saturated rings. The largest absolute Gasteiger partial charge is 0.435 e. The van der Waals surface area contributed by atoms with Gasteiger partial charge in [-0.25, -0.2) is 0 Å². The van der Waals surface area contributed by atoms with E-state index in [4.69, 9.17) is 0 Å². The lowest BCUT2D eigenvalue weighted by atomic mass is 10.1. The third kappa shape index (κ3) is 6.34. The van der Waals surface area contributed by atoms with Crippen LogP contribution < -0.4 is 10.1 Å². The summed E-state index contributed by atoms with van der Waals surface area (Å²) in [6, 6.07) is 10.4. The Hall–Kier alpha value is -2.64. The van der Waals surface area contributed by atoms with E-state index in [-0.39, 0.29) is 18.1 Å². The summed E-state index contributed by atoms with van der Waals surface area (Å²) in [6.45, 7) is -2.57. The molecule has 0 aliphatic heterocycles. The minimum atomic E-state index is -4.41. The summed E-state index contributed by atoms with van der Waals surface area (Å²) < 4.78 is 65.7. The first-order valence-corrected chi connectivity index (χ1v) is 7.70. The molecule has 2 aromatic carbocycles. The molecule has 26 heavy (non-hydrogen) atoms. The molecule has 0 heterocycles. The zero-order valence-electron chi connectivity index (χ0n) is 13.5. The van der Waals surface area contributed by atoms with Gasteiger partial charge >= 0.3 is 12.8 Å². The summed E-state index contributed by atoms with van der Waals surface area (Å²) in [5.74, 6) is -0.266. The van der Waals surface area contributed by atoms with Crippen LogP contribution in [0, 0.1) is 0 Å². The van der Waals surface area contributed by atoms with E-state index in [0.29, 0.717) is 18.5 Å². The third-order valence-electron chi connectivity index (χ3n) is 3.53. The minimum Gasteiger partial charge on any atom is -0.435 e. The summed E-state index contributed by atoms with van der Waals surface area (Å²) in [6.07, 6.45) is -3.95. The van der Waals surface area contributed by atoms with Crippen molar-refractivity contribution in [2.75, 3.05) is 6.54 Å². The Morgan fingerprint density at radius 1 is 0.962 bits per heavy atom. The van der Waals surface area contributed by atoms with Gasteiger partial charge < -0.3 is 10.1 Å². The molecule has 3 nitrogen and oxygen atoms in total. The Kier molecular flexibility index (Phi) is 6.54. The molecule has 0 unspecified atom stereocenters. The first-order chi connectivity index (χ1) is 12.2. The molecule has 8 heteroatoms. The van der Waals surface area contributed by atoms with Crippen LogP contribution in [0.5, 0.6) is 5.75 Å². The molecule has 1 N–H and O–H groups in total. The minimum absolute atomic E-state index is 0.0285. The molecule has 1 amide bonds. The molecule has 0 saturated heterocycles. The van der Waals surface area contributed by atoms with Gasteiger partial charge in [-0.15, -0.1) is 0 Å². The Morgan fingerprint density at radius 2 is 1.54 bits per heavy atom. The van der Waals surface area contributed by atoms with Crippen LogP contribution in [0.1, 0.15) is 16.7 Å². The predicted octanol–water partition coefficient (Wildman–Crippen LogP) is 4.21. The van der Waals surface area contributed by atoms with E-state index >= 15 is 0 Å². The number of benzene rings is 2. The lowest BCUT2D eigenvalue weighted by molar-refractivity contribution is -0.137. The van der Waals surface area contributed by atoms with Crippen molar-refractivity contribution in [1.29, 1.82) is 0 Å². The van der Waals surface area contributed by atoms with E-state index in [1.54, 1.807) is 12.1 Å². The van der Waals surface area contributed by atoms with Crippen molar-refractivity contribution in [3.05, 3.63) is 65.2 Å². The Labute approximate surface area is 146 Å². The van der Waals surface area contributed by atoms with Crippen LogP contribution >= 0.6 is 0 Å². The predicted molar refractivity (Wildman–Crippen MR) is 84.9 cm³/mol. The normalized spacial score (nSPS) is 11.5. The molecule has 2 aromatic rings. The zero-order chi connectivity index (χ0) is 19.2. The van der Waals surface area contributed by atoms with E-state index in [1.165, 1.54) is 24.3 Å². The number of carbonyl (C=O) groups excluding carboxylic acids is 1. The van der Waals surface area contributed by atoms with Crippen molar-refractivity contribution >= 4 is 5.91 Å². The van der Waals surface area contributed by atoms with Crippen molar-refractivity contribution in [1.82, 2.24) is 5.32 Å². The van der Waals surface area contributed by atoms with Crippen LogP contribution in [0.25, 0.3) is 0 Å². The summed E-state index contributed by atoms with van der Waals surface area (Å²) in [5, 5.41) is 2.66. The van der Waals surface area contributed by atoms with Crippen LogP contribution in [0.3, 0.4) is 0 Å². The van der Waals surface area contributed by atoms with Crippen molar-refractivity contribution in [3.8, 4) is 5.75 Å². The second kappa shape index (κ2) is 8.64. The van der Waals surface area contributed by atoms with Crippen LogP contribution in [-0.2, 0) is 23.8 Å². The second-order valence-electron chi connectivity index (χ2n) is 5.49. The molecule has 0 aromatic heterocycles. The van der Waals surface area contributed by atoms with Gasteiger partial charge in [0.05, 0.1) is 12.0 Å². The van der Waals surface area contributed by atoms with Crippen LogP contribution in [0.15, 0.2) is 48.5 Å². The fourth-order valence-electron chi connectivity index (χ4n) is 2.24. The summed E-state index contributed by atoms with van der Waals surface area (Å²) in [4.78, 5) is 11.8. The van der Waals surface area contributed by atoms with Gasteiger partial charge in [0.2, 0.25) is 5.91 Å². The number of alkyl halides is 5. The SMILES string of the molecule is O=C(Cc1ccc(C(F)(F)F)cc1)NCCc1ccc(OC(F)F)cc1. The fourth-order valence-corrected chi connectivity index (χ4v) is 2.24. The quantitative estimate of drug-likeness (QED) is 0.739. The van der Waals surface area contributed by atoms with Crippen LogP contribution in [-0.4, -0.2) is 19.1 Å². The number of halogens is 5. The smallest absolute Gasteiger partial charge is 0.416 e. The standard InChI is InChI=1S/C18H16F5NO2/c19-17(20)26-15-7-3-12(4-8-15)9-10-24-16(25)11-13-1-5-14(6-2-13)18(21,22)23/h1-8,17H,9-11H2,(H,24,25). The molecule has 0 spiro atoms. The topological polar surface area (TPSA) is 38.3 Å². The number of carbonyl (C=O) groups is 1. The van der Waals surface area contributed by atoms with E-state index in [1.807, 2.05) is 0 Å². The number of hydrogen-bond acceptors (Lipinski definition) is 2. The Bertz CT molecular complexity index is 712. The van der Waals surface area contributed by atoms with Crippen LogP contribution in [0.4, 0.5) is 22.0 Å². The first-order valence-electron chi connectivity index (χ1n) is 7.70. The Balaban J connectivity index is 1.76. The highest BCUT2D eigenvalue weighted by molar-refractivity contribution is 5.78. The fraction of sp³-hybridized carbons (Fsp3) is 0.278. The number of ether oxygens (including phenoxy) is 1. The monoisotopic (exact) mass is 373 g/mol. The molecule has 140 valence electrons. The van der Waals surface area contributed by atoms with Gasteiger partial charge in [-0.3, -0.25) is 4.79 Å². The molecular formula is C18H16F5NO2. The highest BCUT2D eigenvalue weighted by atomic mass is 19.4. The molecule has 0 radical (unpaired) electrons. The van der Waals surface area contributed by atoms with Crippen molar-refractivity contribution < 1.29 is 31.5 Å². The summed E-state index contributed by atoms with van der Waals surface area (Å²) >= 11 is 0. The van der Waals surface area contributed by atoms with Gasteiger partial charge in [0, 0.05) is 6.54 Å². The van der Waals surface area contributed by atoms with E-state index in [0.717, 1.165) is 17.7 Å². The van der Waals surface area contributed by atoms with E-state index in [9.17, 15) is 26.7 Å². The van der Waals surface area contributed by atoms with Gasteiger partial charge in [-0.2, -0.15) is 22.0 Å². The van der Waals surface area contributed by atoms with E-state index < -0.39 is 18.4 Å². The first kappa shape index (κ1) is 19.7. The number of nitrogens with one attached hydrogen (secondary N) is 1. The molecule has 0 aliphatic carbocycles. The average molecular weight is 373 g/mol. The molecule has 0 saturated carbocycles. The van der Waals surface area contributed by atoms with Gasteiger partial charge in [-0.1, -0.05) is 24.3 Å². The average Bonchev–Trinajstić information content (AvgIpc) is 2.55. The third-order valence-corrected chi connectivity index (χ3v) is 3.53. The molecular weight excluding hydrogens is 357 g/mol. The maximum Gasteiger partial charge on any atom is 0.416 e. The molecule has 0 bridgehead atoms. The lowest BCUT2D eigenvalue weighted by Crippen LogP contribution is -2.27.